The maximum Gasteiger partial charge on any atom is 0.220 e. The minimum atomic E-state index is 0.184. The van der Waals surface area contributed by atoms with Crippen molar-refractivity contribution in [1.82, 2.24) is 5.32 Å². The summed E-state index contributed by atoms with van der Waals surface area (Å²) in [6.07, 6.45) is 13.8. The van der Waals surface area contributed by atoms with Crippen molar-refractivity contribution in [2.75, 3.05) is 6.61 Å². The number of hydrogen-bond donors (Lipinski definition) is 2. The van der Waals surface area contributed by atoms with Gasteiger partial charge in [0.05, 0.1) is 0 Å². The summed E-state index contributed by atoms with van der Waals surface area (Å²) in [6.45, 7) is 2.44. The summed E-state index contributed by atoms with van der Waals surface area (Å²) >= 11 is 0. The van der Waals surface area contributed by atoms with E-state index in [0.717, 1.165) is 19.3 Å². The summed E-state index contributed by atoms with van der Waals surface area (Å²) in [4.78, 5) is 11.9. The topological polar surface area (TPSA) is 49.3 Å². The van der Waals surface area contributed by atoms with Crippen molar-refractivity contribution >= 4 is 5.91 Å². The van der Waals surface area contributed by atoms with Crippen LogP contribution in [0.3, 0.4) is 0 Å². The maximum atomic E-state index is 11.9. The van der Waals surface area contributed by atoms with E-state index in [1.807, 2.05) is 0 Å². The van der Waals surface area contributed by atoms with Crippen LogP contribution in [0, 0.1) is 5.92 Å². The van der Waals surface area contributed by atoms with Gasteiger partial charge >= 0.3 is 0 Å². The summed E-state index contributed by atoms with van der Waals surface area (Å²) in [7, 11) is 0. The summed E-state index contributed by atoms with van der Waals surface area (Å²) in [5.74, 6) is 0.464. The fraction of sp³-hybridized carbons (Fsp3) is 0.941. The number of nitrogens with one attached hydrogen (secondary N) is 1. The molecule has 118 valence electrons. The SMILES string of the molecule is CCCCCCCCCC(=O)NC1CCCCC1CO. The van der Waals surface area contributed by atoms with Gasteiger partial charge < -0.3 is 10.4 Å². The van der Waals surface area contributed by atoms with Crippen LogP contribution in [0.1, 0.15) is 84.0 Å². The van der Waals surface area contributed by atoms with Gasteiger partial charge in [-0.1, -0.05) is 58.3 Å². The lowest BCUT2D eigenvalue weighted by molar-refractivity contribution is -0.122. The van der Waals surface area contributed by atoms with Crippen LogP contribution >= 0.6 is 0 Å². The highest BCUT2D eigenvalue weighted by Gasteiger charge is 2.25. The Kier molecular flexibility index (Phi) is 9.73. The van der Waals surface area contributed by atoms with E-state index in [4.69, 9.17) is 0 Å². The van der Waals surface area contributed by atoms with Crippen LogP contribution in [0.25, 0.3) is 0 Å². The van der Waals surface area contributed by atoms with Crippen LogP contribution in [-0.4, -0.2) is 23.7 Å². The number of carbonyl (C=O) groups excluding carboxylic acids is 1. The van der Waals surface area contributed by atoms with E-state index in [1.165, 1.54) is 51.4 Å². The van der Waals surface area contributed by atoms with Crippen molar-refractivity contribution in [3.63, 3.8) is 0 Å². The first kappa shape index (κ1) is 17.5. The zero-order chi connectivity index (χ0) is 14.6. The molecule has 0 radical (unpaired) electrons. The molecular weight excluding hydrogens is 250 g/mol. The Morgan fingerprint density at radius 1 is 1.05 bits per heavy atom. The van der Waals surface area contributed by atoms with E-state index in [2.05, 4.69) is 12.2 Å². The van der Waals surface area contributed by atoms with Gasteiger partial charge in [-0.3, -0.25) is 4.79 Å². The standard InChI is InChI=1S/C17H33NO2/c1-2-3-4-5-6-7-8-13-17(20)18-16-12-10-9-11-15(16)14-19/h15-16,19H,2-14H2,1H3,(H,18,20). The Morgan fingerprint density at radius 2 is 1.70 bits per heavy atom. The Balaban J connectivity index is 2.04. The number of rotatable bonds is 10. The van der Waals surface area contributed by atoms with E-state index >= 15 is 0 Å². The van der Waals surface area contributed by atoms with Crippen LogP contribution in [0.5, 0.6) is 0 Å². The molecular formula is C17H33NO2. The van der Waals surface area contributed by atoms with Crippen molar-refractivity contribution in [1.29, 1.82) is 0 Å². The molecule has 1 aliphatic rings. The first-order valence-corrected chi connectivity index (χ1v) is 8.68. The van der Waals surface area contributed by atoms with Crippen molar-refractivity contribution < 1.29 is 9.90 Å². The lowest BCUT2D eigenvalue weighted by Gasteiger charge is -2.30. The maximum absolute atomic E-state index is 11.9. The molecule has 0 aromatic heterocycles. The molecule has 3 nitrogen and oxygen atoms in total. The van der Waals surface area contributed by atoms with E-state index in [0.29, 0.717) is 6.42 Å². The van der Waals surface area contributed by atoms with Crippen LogP contribution in [0.2, 0.25) is 0 Å². The second kappa shape index (κ2) is 11.1. The van der Waals surface area contributed by atoms with Gasteiger partial charge in [-0.25, -0.2) is 0 Å². The molecule has 2 atom stereocenters. The first-order chi connectivity index (χ1) is 9.77. The minimum Gasteiger partial charge on any atom is -0.396 e. The van der Waals surface area contributed by atoms with E-state index in [9.17, 15) is 9.90 Å². The van der Waals surface area contributed by atoms with Crippen molar-refractivity contribution in [3.05, 3.63) is 0 Å². The molecule has 0 aromatic rings. The van der Waals surface area contributed by atoms with Crippen LogP contribution in [0.15, 0.2) is 0 Å². The Morgan fingerprint density at radius 3 is 2.40 bits per heavy atom. The zero-order valence-electron chi connectivity index (χ0n) is 13.2. The highest BCUT2D eigenvalue weighted by Crippen LogP contribution is 2.24. The molecule has 1 fully saturated rings. The number of aliphatic hydroxyl groups is 1. The second-order valence-electron chi connectivity index (χ2n) is 6.27. The molecule has 0 spiro atoms. The molecule has 0 saturated heterocycles. The van der Waals surface area contributed by atoms with E-state index in [1.54, 1.807) is 0 Å². The molecule has 1 amide bonds. The predicted octanol–water partition coefficient (Wildman–Crippen LogP) is 3.79. The highest BCUT2D eigenvalue weighted by atomic mass is 16.3. The largest absolute Gasteiger partial charge is 0.396 e. The van der Waals surface area contributed by atoms with Crippen LogP contribution in [0.4, 0.5) is 0 Å². The average molecular weight is 283 g/mol. The molecule has 1 saturated carbocycles. The number of carbonyl (C=O) groups is 1. The van der Waals surface area contributed by atoms with E-state index < -0.39 is 0 Å². The molecule has 1 aliphatic carbocycles. The summed E-state index contributed by atoms with van der Waals surface area (Å²) < 4.78 is 0. The van der Waals surface area contributed by atoms with Crippen LogP contribution in [-0.2, 0) is 4.79 Å². The summed E-state index contributed by atoms with van der Waals surface area (Å²) in [6, 6.07) is 0.214. The van der Waals surface area contributed by atoms with Gasteiger partial charge in [-0.2, -0.15) is 0 Å². The normalized spacial score (nSPS) is 22.7. The van der Waals surface area contributed by atoms with Gasteiger partial charge in [0.2, 0.25) is 5.91 Å². The molecule has 0 bridgehead atoms. The monoisotopic (exact) mass is 283 g/mol. The van der Waals surface area contributed by atoms with Gasteiger partial charge in [0.25, 0.3) is 0 Å². The van der Waals surface area contributed by atoms with Crippen molar-refractivity contribution in [2.45, 2.75) is 90.0 Å². The summed E-state index contributed by atoms with van der Waals surface area (Å²) in [5, 5.41) is 12.5. The number of amides is 1. The quantitative estimate of drug-likeness (QED) is 0.599. The molecule has 1 rings (SSSR count). The lowest BCUT2D eigenvalue weighted by atomic mass is 9.85. The first-order valence-electron chi connectivity index (χ1n) is 8.68. The Hall–Kier alpha value is -0.570. The van der Waals surface area contributed by atoms with E-state index in [-0.39, 0.29) is 24.5 Å². The van der Waals surface area contributed by atoms with Crippen LogP contribution < -0.4 is 5.32 Å². The van der Waals surface area contributed by atoms with Gasteiger partial charge in [-0.15, -0.1) is 0 Å². The summed E-state index contributed by atoms with van der Waals surface area (Å²) in [5.41, 5.74) is 0. The van der Waals surface area contributed by atoms with Gasteiger partial charge in [-0.05, 0) is 19.3 Å². The fourth-order valence-electron chi connectivity index (χ4n) is 3.14. The Labute approximate surface area is 124 Å². The molecule has 0 aliphatic heterocycles. The zero-order valence-corrected chi connectivity index (χ0v) is 13.2. The minimum absolute atomic E-state index is 0.184. The smallest absolute Gasteiger partial charge is 0.220 e. The van der Waals surface area contributed by atoms with Crippen molar-refractivity contribution in [2.24, 2.45) is 5.92 Å². The average Bonchev–Trinajstić information content (AvgIpc) is 2.47. The molecule has 0 heterocycles. The van der Waals surface area contributed by atoms with Gasteiger partial charge in [0.15, 0.2) is 0 Å². The third-order valence-electron chi connectivity index (χ3n) is 4.50. The number of hydrogen-bond acceptors (Lipinski definition) is 2. The van der Waals surface area contributed by atoms with Gasteiger partial charge in [0, 0.05) is 25.0 Å². The fourth-order valence-corrected chi connectivity index (χ4v) is 3.14. The molecule has 0 aromatic carbocycles. The van der Waals surface area contributed by atoms with Gasteiger partial charge in [0.1, 0.15) is 0 Å². The molecule has 2 N–H and O–H groups in total. The second-order valence-corrected chi connectivity index (χ2v) is 6.27. The molecule has 3 heteroatoms. The number of unbranched alkanes of at least 4 members (excludes halogenated alkanes) is 6. The number of aliphatic hydroxyl groups excluding tert-OH is 1. The third-order valence-corrected chi connectivity index (χ3v) is 4.50. The van der Waals surface area contributed by atoms with Crippen molar-refractivity contribution in [3.8, 4) is 0 Å². The predicted molar refractivity (Wildman–Crippen MR) is 83.6 cm³/mol. The molecule has 2 unspecified atom stereocenters. The highest BCUT2D eigenvalue weighted by molar-refractivity contribution is 5.76. The molecule has 20 heavy (non-hydrogen) atoms. The lowest BCUT2D eigenvalue weighted by Crippen LogP contribution is -2.43. The third kappa shape index (κ3) is 7.28. The Bertz CT molecular complexity index is 255.